The molecule has 2 rings (SSSR count). The van der Waals surface area contributed by atoms with Crippen LogP contribution in [0.3, 0.4) is 0 Å². The van der Waals surface area contributed by atoms with Crippen LogP contribution in [0.4, 0.5) is 5.82 Å². The molecular formula is C20H29N3O4S. The van der Waals surface area contributed by atoms with Crippen LogP contribution in [0.2, 0.25) is 0 Å². The number of benzene rings is 1. The van der Waals surface area contributed by atoms with Crippen molar-refractivity contribution in [1.82, 2.24) is 9.71 Å². The Hall–Kier alpha value is -2.16. The molecule has 0 aliphatic heterocycles. The third-order valence-corrected chi connectivity index (χ3v) is 5.76. The van der Waals surface area contributed by atoms with Crippen molar-refractivity contribution in [2.75, 3.05) is 38.3 Å². The van der Waals surface area contributed by atoms with Crippen LogP contribution in [-0.2, 0) is 21.3 Å². The molecule has 1 heterocycles. The van der Waals surface area contributed by atoms with Crippen LogP contribution in [-0.4, -0.2) is 46.8 Å². The zero-order chi connectivity index (χ0) is 20.6. The number of ether oxygens (including phenoxy) is 2. The average molecular weight is 408 g/mol. The lowest BCUT2D eigenvalue weighted by molar-refractivity contribution is 0.146. The van der Waals surface area contributed by atoms with Crippen LogP contribution in [0, 0.1) is 6.92 Å². The van der Waals surface area contributed by atoms with Crippen LogP contribution >= 0.6 is 0 Å². The maximum atomic E-state index is 12.6. The Morgan fingerprint density at radius 1 is 1.11 bits per heavy atom. The summed E-state index contributed by atoms with van der Waals surface area (Å²) < 4.78 is 38.3. The van der Waals surface area contributed by atoms with E-state index in [2.05, 4.69) is 28.5 Å². The lowest BCUT2D eigenvalue weighted by Crippen LogP contribution is -2.24. The van der Waals surface area contributed by atoms with Gasteiger partial charge in [0.05, 0.1) is 11.5 Å². The highest BCUT2D eigenvalue weighted by Gasteiger charge is 2.15. The number of pyridine rings is 1. The van der Waals surface area contributed by atoms with Crippen LogP contribution in [0.1, 0.15) is 25.0 Å². The van der Waals surface area contributed by atoms with E-state index < -0.39 is 10.0 Å². The maximum Gasteiger partial charge on any atom is 0.240 e. The van der Waals surface area contributed by atoms with Gasteiger partial charge >= 0.3 is 0 Å². The van der Waals surface area contributed by atoms with E-state index in [1.165, 1.54) is 0 Å². The molecule has 0 spiro atoms. The summed E-state index contributed by atoms with van der Waals surface area (Å²) in [5, 5.41) is 0. The molecule has 2 aromatic rings. The standard InChI is InChI=1S/C20H29N3O4S/c1-5-23(6-2)20-10-7-17(14-21-20)15-22-28(24,25)18-8-9-19(16(3)13-18)27-12-11-26-4/h7-10,13-14,22H,5-6,11-12,15H2,1-4H3. The average Bonchev–Trinajstić information content (AvgIpc) is 2.69. The summed E-state index contributed by atoms with van der Waals surface area (Å²) in [7, 11) is -2.03. The first-order chi connectivity index (χ1) is 13.4. The number of anilines is 1. The van der Waals surface area contributed by atoms with Crippen molar-refractivity contribution in [3.63, 3.8) is 0 Å². The molecule has 28 heavy (non-hydrogen) atoms. The molecule has 0 unspecified atom stereocenters. The minimum atomic E-state index is -3.63. The Labute approximate surface area is 167 Å². The van der Waals surface area contributed by atoms with Crippen molar-refractivity contribution in [1.29, 1.82) is 0 Å². The molecule has 0 amide bonds. The normalized spacial score (nSPS) is 11.4. The van der Waals surface area contributed by atoms with E-state index in [0.29, 0.717) is 19.0 Å². The first kappa shape index (κ1) is 22.1. The quantitative estimate of drug-likeness (QED) is 0.577. The molecule has 0 aliphatic rings. The molecule has 1 N–H and O–H groups in total. The smallest absolute Gasteiger partial charge is 0.240 e. The fourth-order valence-corrected chi connectivity index (χ4v) is 3.81. The predicted molar refractivity (Wildman–Crippen MR) is 110 cm³/mol. The van der Waals surface area contributed by atoms with E-state index in [0.717, 1.165) is 30.0 Å². The number of aromatic nitrogens is 1. The zero-order valence-electron chi connectivity index (χ0n) is 16.9. The van der Waals surface area contributed by atoms with E-state index in [4.69, 9.17) is 9.47 Å². The van der Waals surface area contributed by atoms with Gasteiger partial charge < -0.3 is 14.4 Å². The summed E-state index contributed by atoms with van der Waals surface area (Å²) in [6, 6.07) is 8.61. The van der Waals surface area contributed by atoms with Crippen molar-refractivity contribution in [3.05, 3.63) is 47.7 Å². The van der Waals surface area contributed by atoms with Gasteiger partial charge in [-0.05, 0) is 56.2 Å². The van der Waals surface area contributed by atoms with Crippen LogP contribution in [0.5, 0.6) is 5.75 Å². The molecule has 0 radical (unpaired) electrons. The topological polar surface area (TPSA) is 80.8 Å². The highest BCUT2D eigenvalue weighted by atomic mass is 32.2. The number of aryl methyl sites for hydroxylation is 1. The maximum absolute atomic E-state index is 12.6. The molecule has 0 fully saturated rings. The molecule has 0 atom stereocenters. The van der Waals surface area contributed by atoms with Gasteiger partial charge in [0.25, 0.3) is 0 Å². The van der Waals surface area contributed by atoms with Gasteiger partial charge in [0.2, 0.25) is 10.0 Å². The molecule has 154 valence electrons. The SMILES string of the molecule is CCN(CC)c1ccc(CNS(=O)(=O)c2ccc(OCCOC)c(C)c2)cn1. The second-order valence-electron chi connectivity index (χ2n) is 6.29. The van der Waals surface area contributed by atoms with E-state index >= 15 is 0 Å². The Kier molecular flexibility index (Phi) is 8.22. The molecule has 7 nitrogen and oxygen atoms in total. The lowest BCUT2D eigenvalue weighted by atomic mass is 10.2. The molecule has 0 saturated carbocycles. The minimum absolute atomic E-state index is 0.180. The number of sulfonamides is 1. The van der Waals surface area contributed by atoms with E-state index in [1.807, 2.05) is 19.1 Å². The van der Waals surface area contributed by atoms with Crippen molar-refractivity contribution in [3.8, 4) is 5.75 Å². The lowest BCUT2D eigenvalue weighted by Gasteiger charge is -2.19. The number of rotatable bonds is 11. The zero-order valence-corrected chi connectivity index (χ0v) is 17.8. The van der Waals surface area contributed by atoms with Crippen molar-refractivity contribution < 1.29 is 17.9 Å². The Bertz CT molecular complexity index is 850. The molecule has 0 bridgehead atoms. The van der Waals surface area contributed by atoms with Crippen LogP contribution in [0.15, 0.2) is 41.4 Å². The fourth-order valence-electron chi connectivity index (χ4n) is 2.70. The minimum Gasteiger partial charge on any atom is -0.491 e. The van der Waals surface area contributed by atoms with Gasteiger partial charge in [-0.3, -0.25) is 0 Å². The number of nitrogens with one attached hydrogen (secondary N) is 1. The Morgan fingerprint density at radius 2 is 1.86 bits per heavy atom. The van der Waals surface area contributed by atoms with Crippen molar-refractivity contribution in [2.45, 2.75) is 32.2 Å². The molecule has 0 aliphatic carbocycles. The number of nitrogens with zero attached hydrogens (tertiary/aromatic N) is 2. The number of methoxy groups -OCH3 is 1. The van der Waals surface area contributed by atoms with Gasteiger partial charge in [0.1, 0.15) is 18.2 Å². The van der Waals surface area contributed by atoms with Crippen LogP contribution in [0.25, 0.3) is 0 Å². The summed E-state index contributed by atoms with van der Waals surface area (Å²) >= 11 is 0. The first-order valence-corrected chi connectivity index (χ1v) is 10.8. The van der Waals surface area contributed by atoms with E-state index in [1.54, 1.807) is 31.5 Å². The van der Waals surface area contributed by atoms with Gasteiger partial charge in [-0.15, -0.1) is 0 Å². The predicted octanol–water partition coefficient (Wildman–Crippen LogP) is 2.74. The fraction of sp³-hybridized carbons (Fsp3) is 0.450. The third kappa shape index (κ3) is 5.92. The van der Waals surface area contributed by atoms with Gasteiger partial charge in [-0.1, -0.05) is 6.07 Å². The second kappa shape index (κ2) is 10.4. The van der Waals surface area contributed by atoms with Gasteiger partial charge in [-0.2, -0.15) is 0 Å². The molecule has 8 heteroatoms. The van der Waals surface area contributed by atoms with Gasteiger partial charge in [0.15, 0.2) is 0 Å². The van der Waals surface area contributed by atoms with Crippen LogP contribution < -0.4 is 14.4 Å². The molecule has 0 saturated heterocycles. The summed E-state index contributed by atoms with van der Waals surface area (Å²) in [5.41, 5.74) is 1.56. The highest BCUT2D eigenvalue weighted by molar-refractivity contribution is 7.89. The third-order valence-electron chi connectivity index (χ3n) is 4.36. The van der Waals surface area contributed by atoms with E-state index in [9.17, 15) is 8.42 Å². The summed E-state index contributed by atoms with van der Waals surface area (Å²) in [5.74, 6) is 1.53. The monoisotopic (exact) mass is 407 g/mol. The van der Waals surface area contributed by atoms with Gasteiger partial charge in [-0.25, -0.2) is 18.1 Å². The number of hydrogen-bond donors (Lipinski definition) is 1. The highest BCUT2D eigenvalue weighted by Crippen LogP contribution is 2.22. The first-order valence-electron chi connectivity index (χ1n) is 9.33. The molecule has 1 aromatic heterocycles. The summed E-state index contributed by atoms with van der Waals surface area (Å²) in [6.07, 6.45) is 1.70. The second-order valence-corrected chi connectivity index (χ2v) is 8.06. The Morgan fingerprint density at radius 3 is 2.43 bits per heavy atom. The van der Waals surface area contributed by atoms with Crippen molar-refractivity contribution >= 4 is 15.8 Å². The molecule has 1 aromatic carbocycles. The van der Waals surface area contributed by atoms with Gasteiger partial charge in [0, 0.05) is 32.9 Å². The van der Waals surface area contributed by atoms with Crippen molar-refractivity contribution in [2.24, 2.45) is 0 Å². The molecular weight excluding hydrogens is 378 g/mol. The number of hydrogen-bond acceptors (Lipinski definition) is 6. The Balaban J connectivity index is 2.02. The summed E-state index contributed by atoms with van der Waals surface area (Å²) in [6.45, 7) is 8.78. The van der Waals surface area contributed by atoms with E-state index in [-0.39, 0.29) is 11.4 Å². The summed E-state index contributed by atoms with van der Waals surface area (Å²) in [4.78, 5) is 6.76. The largest absolute Gasteiger partial charge is 0.491 e.